The van der Waals surface area contributed by atoms with Crippen molar-refractivity contribution >= 4 is 38.8 Å². The number of benzene rings is 1. The molecule has 2 heterocycles. The summed E-state index contributed by atoms with van der Waals surface area (Å²) in [6.07, 6.45) is 2.34. The standard InChI is InChI=1S/C17H17N3OS2/c18-9-12(10-5-6-10)19-16(21)14-7-8-15(22-14)17-20-11-3-1-2-4-13(11)23-17/h1-4,7-8,10,12H,5-6,9,18H2,(H,19,21). The number of thiazole rings is 1. The lowest BCUT2D eigenvalue weighted by molar-refractivity contribution is 0.0937. The highest BCUT2D eigenvalue weighted by Crippen LogP contribution is 2.35. The van der Waals surface area contributed by atoms with E-state index in [-0.39, 0.29) is 11.9 Å². The molecule has 0 radical (unpaired) electrons. The molecule has 1 amide bonds. The predicted molar refractivity (Wildman–Crippen MR) is 96.0 cm³/mol. The SMILES string of the molecule is NCC(NC(=O)c1ccc(-c2nc3ccccc3s2)s1)C1CC1. The van der Waals surface area contributed by atoms with Gasteiger partial charge in [0, 0.05) is 12.6 Å². The van der Waals surface area contributed by atoms with E-state index in [2.05, 4.69) is 16.4 Å². The zero-order chi connectivity index (χ0) is 15.8. The van der Waals surface area contributed by atoms with Gasteiger partial charge < -0.3 is 11.1 Å². The van der Waals surface area contributed by atoms with E-state index in [9.17, 15) is 4.79 Å². The van der Waals surface area contributed by atoms with Crippen molar-refractivity contribution in [1.29, 1.82) is 0 Å². The number of rotatable bonds is 5. The van der Waals surface area contributed by atoms with E-state index in [1.165, 1.54) is 28.9 Å². The first-order valence-corrected chi connectivity index (χ1v) is 9.34. The minimum absolute atomic E-state index is 0.0234. The first-order valence-electron chi connectivity index (χ1n) is 7.71. The maximum Gasteiger partial charge on any atom is 0.261 e. The van der Waals surface area contributed by atoms with Gasteiger partial charge in [0.15, 0.2) is 0 Å². The quantitative estimate of drug-likeness (QED) is 0.745. The highest BCUT2D eigenvalue weighted by Gasteiger charge is 2.31. The van der Waals surface area contributed by atoms with Gasteiger partial charge in [-0.15, -0.1) is 22.7 Å². The van der Waals surface area contributed by atoms with Crippen LogP contribution < -0.4 is 11.1 Å². The normalized spacial score (nSPS) is 15.7. The Hall–Kier alpha value is -1.76. The topological polar surface area (TPSA) is 68.0 Å². The summed E-state index contributed by atoms with van der Waals surface area (Å²) in [7, 11) is 0. The minimum atomic E-state index is -0.0234. The van der Waals surface area contributed by atoms with Crippen LogP contribution in [0.1, 0.15) is 22.5 Å². The largest absolute Gasteiger partial charge is 0.347 e. The van der Waals surface area contributed by atoms with E-state index in [1.54, 1.807) is 11.3 Å². The van der Waals surface area contributed by atoms with Gasteiger partial charge in [-0.3, -0.25) is 4.79 Å². The second kappa shape index (κ2) is 6.03. The molecule has 1 unspecified atom stereocenters. The summed E-state index contributed by atoms with van der Waals surface area (Å²) in [5.74, 6) is 0.539. The Morgan fingerprint density at radius 1 is 1.26 bits per heavy atom. The number of para-hydroxylation sites is 1. The third-order valence-electron chi connectivity index (χ3n) is 4.10. The average molecular weight is 343 g/mol. The number of aromatic nitrogens is 1. The van der Waals surface area contributed by atoms with E-state index in [4.69, 9.17) is 5.73 Å². The van der Waals surface area contributed by atoms with Gasteiger partial charge >= 0.3 is 0 Å². The molecule has 1 aliphatic carbocycles. The van der Waals surface area contributed by atoms with E-state index >= 15 is 0 Å². The average Bonchev–Trinajstić information content (AvgIpc) is 3.13. The molecule has 1 fully saturated rings. The van der Waals surface area contributed by atoms with Crippen molar-refractivity contribution in [3.05, 3.63) is 41.3 Å². The van der Waals surface area contributed by atoms with Crippen molar-refractivity contribution in [1.82, 2.24) is 10.3 Å². The number of nitrogens with one attached hydrogen (secondary N) is 1. The van der Waals surface area contributed by atoms with Crippen molar-refractivity contribution in [3.63, 3.8) is 0 Å². The minimum Gasteiger partial charge on any atom is -0.347 e. The number of nitrogens with zero attached hydrogens (tertiary/aromatic N) is 1. The molecule has 23 heavy (non-hydrogen) atoms. The Morgan fingerprint density at radius 3 is 2.83 bits per heavy atom. The molecule has 0 bridgehead atoms. The first kappa shape index (κ1) is 14.8. The fraction of sp³-hybridized carbons (Fsp3) is 0.294. The van der Waals surface area contributed by atoms with Crippen LogP contribution in [0.15, 0.2) is 36.4 Å². The Kier molecular flexibility index (Phi) is 3.88. The first-order chi connectivity index (χ1) is 11.2. The lowest BCUT2D eigenvalue weighted by atomic mass is 10.2. The molecule has 4 nitrogen and oxygen atoms in total. The number of hydrogen-bond donors (Lipinski definition) is 2. The van der Waals surface area contributed by atoms with Crippen LogP contribution in [0.4, 0.5) is 0 Å². The van der Waals surface area contributed by atoms with Gasteiger partial charge in [0.05, 0.1) is 20.0 Å². The maximum atomic E-state index is 12.4. The van der Waals surface area contributed by atoms with Crippen molar-refractivity contribution < 1.29 is 4.79 Å². The van der Waals surface area contributed by atoms with Gasteiger partial charge in [-0.1, -0.05) is 12.1 Å². The Labute approximate surface area is 142 Å². The van der Waals surface area contributed by atoms with Gasteiger partial charge in [-0.2, -0.15) is 0 Å². The van der Waals surface area contributed by atoms with Crippen LogP contribution in [0.25, 0.3) is 20.1 Å². The summed E-state index contributed by atoms with van der Waals surface area (Å²) < 4.78 is 1.17. The monoisotopic (exact) mass is 343 g/mol. The molecule has 2 aromatic heterocycles. The zero-order valence-corrected chi connectivity index (χ0v) is 14.1. The fourth-order valence-corrected chi connectivity index (χ4v) is 4.59. The van der Waals surface area contributed by atoms with Crippen LogP contribution in [0, 0.1) is 5.92 Å². The molecule has 118 valence electrons. The molecular weight excluding hydrogens is 326 g/mol. The molecule has 1 aromatic carbocycles. The number of nitrogens with two attached hydrogens (primary N) is 1. The lowest BCUT2D eigenvalue weighted by Crippen LogP contribution is -2.41. The molecule has 3 aromatic rings. The summed E-state index contributed by atoms with van der Waals surface area (Å²) in [6.45, 7) is 0.506. The van der Waals surface area contributed by atoms with Crippen LogP contribution in [-0.2, 0) is 0 Å². The summed E-state index contributed by atoms with van der Waals surface area (Å²) in [5, 5.41) is 4.03. The molecule has 3 N–H and O–H groups in total. The second-order valence-electron chi connectivity index (χ2n) is 5.80. The van der Waals surface area contributed by atoms with Gasteiger partial charge in [-0.05, 0) is 43.0 Å². The maximum absolute atomic E-state index is 12.4. The van der Waals surface area contributed by atoms with Gasteiger partial charge in [0.1, 0.15) is 5.01 Å². The fourth-order valence-electron chi connectivity index (χ4n) is 2.66. The summed E-state index contributed by atoms with van der Waals surface area (Å²) in [6, 6.07) is 12.0. The Balaban J connectivity index is 1.54. The van der Waals surface area contributed by atoms with Crippen molar-refractivity contribution in [2.75, 3.05) is 6.54 Å². The van der Waals surface area contributed by atoms with E-state index in [0.29, 0.717) is 12.5 Å². The zero-order valence-electron chi connectivity index (χ0n) is 12.5. The number of carbonyl (C=O) groups is 1. The molecular formula is C17H17N3OS2. The van der Waals surface area contributed by atoms with Crippen LogP contribution in [-0.4, -0.2) is 23.5 Å². The molecule has 4 rings (SSSR count). The molecule has 0 aliphatic heterocycles. The molecule has 0 saturated heterocycles. The molecule has 1 saturated carbocycles. The van der Waals surface area contributed by atoms with Crippen molar-refractivity contribution in [2.45, 2.75) is 18.9 Å². The Bertz CT molecular complexity index is 817. The van der Waals surface area contributed by atoms with Gasteiger partial charge in [-0.25, -0.2) is 4.98 Å². The Morgan fingerprint density at radius 2 is 2.09 bits per heavy atom. The predicted octanol–water partition coefficient (Wildman–Crippen LogP) is 3.49. The summed E-state index contributed by atoms with van der Waals surface area (Å²) in [5.41, 5.74) is 6.76. The smallest absolute Gasteiger partial charge is 0.261 e. The number of hydrogen-bond acceptors (Lipinski definition) is 5. The molecule has 0 spiro atoms. The van der Waals surface area contributed by atoms with Gasteiger partial charge in [0.25, 0.3) is 5.91 Å². The van der Waals surface area contributed by atoms with Crippen LogP contribution in [0.3, 0.4) is 0 Å². The molecule has 1 atom stereocenters. The third-order valence-corrected chi connectivity index (χ3v) is 6.39. The van der Waals surface area contributed by atoms with E-state index in [1.807, 2.05) is 30.3 Å². The number of amides is 1. The van der Waals surface area contributed by atoms with Crippen LogP contribution in [0.2, 0.25) is 0 Å². The molecule has 6 heteroatoms. The number of carbonyl (C=O) groups excluding carboxylic acids is 1. The van der Waals surface area contributed by atoms with E-state index < -0.39 is 0 Å². The number of thiophene rings is 1. The highest BCUT2D eigenvalue weighted by molar-refractivity contribution is 7.26. The highest BCUT2D eigenvalue weighted by atomic mass is 32.1. The number of fused-ring (bicyclic) bond motifs is 1. The van der Waals surface area contributed by atoms with Crippen molar-refractivity contribution in [2.24, 2.45) is 11.7 Å². The summed E-state index contributed by atoms with van der Waals surface area (Å²) in [4.78, 5) is 18.8. The lowest BCUT2D eigenvalue weighted by Gasteiger charge is -2.14. The van der Waals surface area contributed by atoms with Crippen LogP contribution >= 0.6 is 22.7 Å². The second-order valence-corrected chi connectivity index (χ2v) is 7.92. The van der Waals surface area contributed by atoms with Crippen molar-refractivity contribution in [3.8, 4) is 9.88 Å². The van der Waals surface area contributed by atoms with Crippen LogP contribution in [0.5, 0.6) is 0 Å². The third kappa shape index (κ3) is 3.02. The van der Waals surface area contributed by atoms with E-state index in [0.717, 1.165) is 20.3 Å². The molecule has 1 aliphatic rings. The van der Waals surface area contributed by atoms with Gasteiger partial charge in [0.2, 0.25) is 0 Å². The summed E-state index contributed by atoms with van der Waals surface area (Å²) >= 11 is 3.15.